The minimum Gasteiger partial charge on any atom is -0.507 e. The Labute approximate surface area is 398 Å². The van der Waals surface area contributed by atoms with Gasteiger partial charge in [0.25, 0.3) is 0 Å². The van der Waals surface area contributed by atoms with Gasteiger partial charge in [-0.25, -0.2) is 0 Å². The van der Waals surface area contributed by atoms with Gasteiger partial charge in [-0.2, -0.15) is 0 Å². The maximum absolute atomic E-state index is 11.0. The smallest absolute Gasteiger partial charge is 0.159 e. The highest BCUT2D eigenvalue weighted by molar-refractivity contribution is 6.23. The zero-order chi connectivity index (χ0) is 45.8. The van der Waals surface area contributed by atoms with Crippen LogP contribution in [-0.4, -0.2) is 5.11 Å². The van der Waals surface area contributed by atoms with Crippen LogP contribution in [0.2, 0.25) is 0 Å². The maximum Gasteiger partial charge on any atom is 0.159 e. The van der Waals surface area contributed by atoms with Crippen molar-refractivity contribution in [2.75, 3.05) is 9.80 Å². The standard InChI is InChI=1S/C64H42N2O3/c67-59-35-15-11-27-49(59)44-23-17-24-45(39-44)66(56-33-14-10-26-48(56)43-21-5-2-6-22-43)58-41-62-63(52-30-8-7-28-50(52)58)54-38-37-46(40-61(54)68-62)65(55-32-13-9-25-47(55)42-19-3-1-4-20-42)57-34-18-31-53-51-29-12-16-36-60(51)69-64(53)57/h1-41,67H. The third kappa shape index (κ3) is 6.79. The molecule has 0 bridgehead atoms. The number of phenolic OH excluding ortho intramolecular Hbond substituents is 1. The summed E-state index contributed by atoms with van der Waals surface area (Å²) < 4.78 is 13.9. The molecule has 5 nitrogen and oxygen atoms in total. The summed E-state index contributed by atoms with van der Waals surface area (Å²) in [5.74, 6) is 0.232. The minimum absolute atomic E-state index is 0.232. The van der Waals surface area contributed by atoms with E-state index in [-0.39, 0.29) is 5.75 Å². The predicted molar refractivity (Wildman–Crippen MR) is 286 cm³/mol. The van der Waals surface area contributed by atoms with Crippen molar-refractivity contribution in [1.29, 1.82) is 0 Å². The molecule has 13 aromatic rings. The van der Waals surface area contributed by atoms with Crippen LogP contribution in [-0.2, 0) is 0 Å². The molecule has 0 aliphatic rings. The van der Waals surface area contributed by atoms with E-state index in [4.69, 9.17) is 8.83 Å². The number of aromatic hydroxyl groups is 1. The molecule has 2 aromatic heterocycles. The fourth-order valence-electron chi connectivity index (χ4n) is 10.2. The Morgan fingerprint density at radius 2 is 0.826 bits per heavy atom. The van der Waals surface area contributed by atoms with Crippen molar-refractivity contribution in [3.8, 4) is 39.1 Å². The minimum atomic E-state index is 0.232. The van der Waals surface area contributed by atoms with Crippen LogP contribution in [0.3, 0.4) is 0 Å². The average molecular weight is 887 g/mol. The number of fused-ring (bicyclic) bond motifs is 8. The molecule has 0 spiro atoms. The van der Waals surface area contributed by atoms with Crippen molar-refractivity contribution in [3.63, 3.8) is 0 Å². The molecular formula is C64H42N2O3. The number of para-hydroxylation sites is 5. The highest BCUT2D eigenvalue weighted by Gasteiger charge is 2.26. The zero-order valence-corrected chi connectivity index (χ0v) is 37.3. The number of furan rings is 2. The average Bonchev–Trinajstić information content (AvgIpc) is 3.99. The fourth-order valence-corrected chi connectivity index (χ4v) is 10.2. The lowest BCUT2D eigenvalue weighted by Gasteiger charge is -2.29. The van der Waals surface area contributed by atoms with Gasteiger partial charge < -0.3 is 23.7 Å². The Morgan fingerprint density at radius 1 is 0.290 bits per heavy atom. The summed E-state index contributed by atoms with van der Waals surface area (Å²) in [4.78, 5) is 4.64. The Morgan fingerprint density at radius 3 is 1.55 bits per heavy atom. The van der Waals surface area contributed by atoms with E-state index in [1.165, 1.54) is 0 Å². The molecule has 0 aliphatic carbocycles. The van der Waals surface area contributed by atoms with Crippen LogP contribution in [0, 0.1) is 0 Å². The van der Waals surface area contributed by atoms with Crippen molar-refractivity contribution in [1.82, 2.24) is 0 Å². The van der Waals surface area contributed by atoms with E-state index >= 15 is 0 Å². The van der Waals surface area contributed by atoms with Crippen molar-refractivity contribution >= 4 is 88.8 Å². The summed E-state index contributed by atoms with van der Waals surface area (Å²) in [7, 11) is 0. The summed E-state index contributed by atoms with van der Waals surface area (Å²) in [6, 6.07) is 86.1. The largest absolute Gasteiger partial charge is 0.507 e. The van der Waals surface area contributed by atoms with E-state index in [2.05, 4.69) is 216 Å². The number of nitrogens with zero attached hydrogens (tertiary/aromatic N) is 2. The predicted octanol–water partition coefficient (Wildman–Crippen LogP) is 18.3. The molecule has 11 aromatic carbocycles. The van der Waals surface area contributed by atoms with Gasteiger partial charge in [-0.3, -0.25) is 0 Å². The summed E-state index contributed by atoms with van der Waals surface area (Å²) in [5.41, 5.74) is 15.0. The molecule has 0 radical (unpaired) electrons. The van der Waals surface area contributed by atoms with Gasteiger partial charge in [0.15, 0.2) is 5.58 Å². The first-order valence-corrected chi connectivity index (χ1v) is 23.2. The van der Waals surface area contributed by atoms with Crippen LogP contribution < -0.4 is 9.80 Å². The van der Waals surface area contributed by atoms with Crippen molar-refractivity contribution in [2.24, 2.45) is 0 Å². The number of benzene rings is 11. The van der Waals surface area contributed by atoms with Gasteiger partial charge in [-0.1, -0.05) is 182 Å². The third-order valence-corrected chi connectivity index (χ3v) is 13.3. The van der Waals surface area contributed by atoms with E-state index < -0.39 is 0 Å². The Kier molecular flexibility index (Phi) is 9.58. The van der Waals surface area contributed by atoms with Crippen LogP contribution in [0.15, 0.2) is 258 Å². The fraction of sp³-hybridized carbons (Fsp3) is 0. The topological polar surface area (TPSA) is 53.0 Å². The lowest BCUT2D eigenvalue weighted by Crippen LogP contribution is -2.12. The van der Waals surface area contributed by atoms with E-state index in [9.17, 15) is 5.11 Å². The monoisotopic (exact) mass is 886 g/mol. The molecule has 13 rings (SSSR count). The van der Waals surface area contributed by atoms with E-state index in [0.29, 0.717) is 0 Å². The normalized spacial score (nSPS) is 11.5. The second-order valence-electron chi connectivity index (χ2n) is 17.4. The van der Waals surface area contributed by atoms with E-state index in [1.54, 1.807) is 6.07 Å². The molecular weight excluding hydrogens is 845 g/mol. The van der Waals surface area contributed by atoms with Gasteiger partial charge >= 0.3 is 0 Å². The first kappa shape index (κ1) is 40.0. The van der Waals surface area contributed by atoms with E-state index in [1.807, 2.05) is 36.4 Å². The van der Waals surface area contributed by atoms with Gasteiger partial charge in [-0.15, -0.1) is 0 Å². The lowest BCUT2D eigenvalue weighted by atomic mass is 9.97. The van der Waals surface area contributed by atoms with Gasteiger partial charge in [0.1, 0.15) is 22.5 Å². The first-order valence-electron chi connectivity index (χ1n) is 23.2. The van der Waals surface area contributed by atoms with Crippen molar-refractivity contribution in [2.45, 2.75) is 0 Å². The highest BCUT2D eigenvalue weighted by atomic mass is 16.3. The lowest BCUT2D eigenvalue weighted by molar-refractivity contribution is 0.477. The van der Waals surface area contributed by atoms with E-state index in [0.717, 1.165) is 122 Å². The van der Waals surface area contributed by atoms with Crippen LogP contribution in [0.1, 0.15) is 0 Å². The molecule has 0 amide bonds. The Hall–Kier alpha value is -9.32. The Bertz CT molecular complexity index is 4060. The molecule has 0 atom stereocenters. The van der Waals surface area contributed by atoms with Crippen molar-refractivity contribution < 1.29 is 13.9 Å². The SMILES string of the molecule is Oc1ccccc1-c1cccc(N(c2ccccc2-c2ccccc2)c2cc3oc4cc(N(c5ccccc5-c5ccccc5)c5cccc6c5oc5ccccc56)ccc4c3c3ccccc23)c1. The highest BCUT2D eigenvalue weighted by Crippen LogP contribution is 2.50. The van der Waals surface area contributed by atoms with Gasteiger partial charge in [-0.05, 0) is 76.7 Å². The number of rotatable bonds is 9. The molecule has 326 valence electrons. The second-order valence-corrected chi connectivity index (χ2v) is 17.4. The van der Waals surface area contributed by atoms with Gasteiger partial charge in [0.05, 0.1) is 28.4 Å². The molecule has 0 aliphatic heterocycles. The van der Waals surface area contributed by atoms with Crippen molar-refractivity contribution in [3.05, 3.63) is 249 Å². The van der Waals surface area contributed by atoms with Crippen LogP contribution in [0.4, 0.5) is 34.1 Å². The van der Waals surface area contributed by atoms with Crippen LogP contribution >= 0.6 is 0 Å². The van der Waals surface area contributed by atoms with Gasteiger partial charge in [0.2, 0.25) is 0 Å². The summed E-state index contributed by atoms with van der Waals surface area (Å²) in [5, 5.41) is 17.4. The number of hydrogen-bond donors (Lipinski definition) is 1. The van der Waals surface area contributed by atoms with Crippen LogP contribution in [0.25, 0.3) is 88.0 Å². The summed E-state index contributed by atoms with van der Waals surface area (Å²) in [6.07, 6.45) is 0. The Balaban J connectivity index is 1.05. The first-order chi connectivity index (χ1) is 34.2. The molecule has 2 heterocycles. The molecule has 69 heavy (non-hydrogen) atoms. The molecule has 0 saturated carbocycles. The molecule has 1 N–H and O–H groups in total. The molecule has 0 unspecified atom stereocenters. The molecule has 0 saturated heterocycles. The van der Waals surface area contributed by atoms with Crippen LogP contribution in [0.5, 0.6) is 5.75 Å². The third-order valence-electron chi connectivity index (χ3n) is 13.3. The number of phenols is 1. The van der Waals surface area contributed by atoms with Gasteiger partial charge in [0, 0.05) is 61.4 Å². The summed E-state index contributed by atoms with van der Waals surface area (Å²) in [6.45, 7) is 0. The quantitative estimate of drug-likeness (QED) is 0.156. The second kappa shape index (κ2) is 16.5. The maximum atomic E-state index is 11.0. The summed E-state index contributed by atoms with van der Waals surface area (Å²) >= 11 is 0. The number of hydrogen-bond acceptors (Lipinski definition) is 5. The zero-order valence-electron chi connectivity index (χ0n) is 37.3. The molecule has 5 heteroatoms. The molecule has 0 fully saturated rings. The number of anilines is 6.